The molecule has 1 saturated heterocycles. The molecule has 1 aliphatic rings. The second kappa shape index (κ2) is 9.76. The van der Waals surface area contributed by atoms with Gasteiger partial charge in [0.25, 0.3) is 0 Å². The van der Waals surface area contributed by atoms with Crippen molar-refractivity contribution >= 4 is 17.4 Å². The van der Waals surface area contributed by atoms with Gasteiger partial charge in [0.1, 0.15) is 17.2 Å². The van der Waals surface area contributed by atoms with Crippen molar-refractivity contribution in [1.29, 1.82) is 0 Å². The number of nitrogens with zero attached hydrogens (tertiary/aromatic N) is 4. The van der Waals surface area contributed by atoms with E-state index in [-0.39, 0.29) is 6.03 Å². The SMILES string of the molecule is CCc1cc(N(C)C(=O)N2CCN(c3cc(OC)cc(OC)c3)CC2)c(OC)nc1C. The normalized spacial score (nSPS) is 13.7. The lowest BCUT2D eigenvalue weighted by molar-refractivity contribution is 0.202. The number of carbonyl (C=O) groups excluding carboxylic acids is 1. The third-order valence-corrected chi connectivity index (χ3v) is 5.74. The molecule has 1 fully saturated rings. The minimum Gasteiger partial charge on any atom is -0.497 e. The van der Waals surface area contributed by atoms with E-state index in [2.05, 4.69) is 16.8 Å². The second-order valence-electron chi connectivity index (χ2n) is 7.50. The summed E-state index contributed by atoms with van der Waals surface area (Å²) in [6.45, 7) is 6.71. The Labute approximate surface area is 184 Å². The van der Waals surface area contributed by atoms with Gasteiger partial charge in [-0.2, -0.15) is 0 Å². The summed E-state index contributed by atoms with van der Waals surface area (Å²) in [4.78, 5) is 23.5. The fourth-order valence-corrected chi connectivity index (χ4v) is 3.81. The molecule has 0 saturated carbocycles. The minimum absolute atomic E-state index is 0.0612. The fraction of sp³-hybridized carbons (Fsp3) is 0.478. The van der Waals surface area contributed by atoms with Gasteiger partial charge in [0.15, 0.2) is 0 Å². The Balaban J connectivity index is 1.72. The van der Waals surface area contributed by atoms with Crippen LogP contribution in [0.15, 0.2) is 24.3 Å². The summed E-state index contributed by atoms with van der Waals surface area (Å²) in [5.74, 6) is 1.96. The molecule has 2 amide bonds. The van der Waals surface area contributed by atoms with Gasteiger partial charge in [0, 0.05) is 62.8 Å². The van der Waals surface area contributed by atoms with E-state index in [1.54, 1.807) is 33.3 Å². The summed E-state index contributed by atoms with van der Waals surface area (Å²) in [6.07, 6.45) is 0.848. The first-order chi connectivity index (χ1) is 14.9. The van der Waals surface area contributed by atoms with E-state index < -0.39 is 0 Å². The molecule has 1 aromatic heterocycles. The lowest BCUT2D eigenvalue weighted by Gasteiger charge is -2.38. The highest BCUT2D eigenvalue weighted by Gasteiger charge is 2.27. The Bertz CT molecular complexity index is 904. The van der Waals surface area contributed by atoms with Crippen molar-refractivity contribution in [3.8, 4) is 17.4 Å². The van der Waals surface area contributed by atoms with Gasteiger partial charge in [-0.1, -0.05) is 6.92 Å². The number of aryl methyl sites for hydroxylation is 2. The molecule has 168 valence electrons. The molecule has 3 rings (SSSR count). The molecule has 8 heteroatoms. The third-order valence-electron chi connectivity index (χ3n) is 5.74. The lowest BCUT2D eigenvalue weighted by atomic mass is 10.1. The highest BCUT2D eigenvalue weighted by Crippen LogP contribution is 2.31. The van der Waals surface area contributed by atoms with Crippen molar-refractivity contribution in [3.05, 3.63) is 35.5 Å². The van der Waals surface area contributed by atoms with Crippen LogP contribution < -0.4 is 24.0 Å². The maximum atomic E-state index is 13.2. The van der Waals surface area contributed by atoms with Crippen molar-refractivity contribution in [2.24, 2.45) is 0 Å². The molecule has 0 spiro atoms. The van der Waals surface area contributed by atoms with E-state index in [9.17, 15) is 4.79 Å². The van der Waals surface area contributed by atoms with Crippen LogP contribution in [0.4, 0.5) is 16.2 Å². The summed E-state index contributed by atoms with van der Waals surface area (Å²) >= 11 is 0. The van der Waals surface area contributed by atoms with Crippen molar-refractivity contribution in [2.75, 3.05) is 64.4 Å². The number of carbonyl (C=O) groups is 1. The van der Waals surface area contributed by atoms with Crippen LogP contribution in [-0.2, 0) is 6.42 Å². The van der Waals surface area contributed by atoms with Crippen LogP contribution in [0.2, 0.25) is 0 Å². The average Bonchev–Trinajstić information content (AvgIpc) is 2.82. The lowest BCUT2D eigenvalue weighted by Crippen LogP contribution is -2.52. The van der Waals surface area contributed by atoms with E-state index in [1.165, 1.54) is 0 Å². The molecule has 31 heavy (non-hydrogen) atoms. The first-order valence-corrected chi connectivity index (χ1v) is 10.5. The maximum Gasteiger partial charge on any atom is 0.324 e. The molecule has 2 heterocycles. The molecular formula is C23H32N4O4. The Morgan fingerprint density at radius 2 is 1.61 bits per heavy atom. The molecule has 0 aliphatic carbocycles. The second-order valence-corrected chi connectivity index (χ2v) is 7.50. The van der Waals surface area contributed by atoms with Gasteiger partial charge in [0.05, 0.1) is 21.3 Å². The molecule has 1 aromatic carbocycles. The number of rotatable bonds is 6. The van der Waals surface area contributed by atoms with Crippen LogP contribution in [0.5, 0.6) is 17.4 Å². The van der Waals surface area contributed by atoms with E-state index in [0.29, 0.717) is 24.7 Å². The standard InChI is InChI=1S/C23H32N4O4/c1-7-17-12-21(22(31-6)24-16(17)2)25(3)23(28)27-10-8-26(9-11-27)18-13-19(29-4)15-20(14-18)30-5/h12-15H,7-11H2,1-6H3. The Morgan fingerprint density at radius 1 is 1.00 bits per heavy atom. The first-order valence-electron chi connectivity index (χ1n) is 10.5. The van der Waals surface area contributed by atoms with Gasteiger partial charge in [-0.05, 0) is 25.0 Å². The van der Waals surface area contributed by atoms with Gasteiger partial charge in [-0.3, -0.25) is 4.90 Å². The number of amides is 2. The van der Waals surface area contributed by atoms with Gasteiger partial charge in [-0.25, -0.2) is 9.78 Å². The number of urea groups is 1. The van der Waals surface area contributed by atoms with Gasteiger partial charge < -0.3 is 24.0 Å². The molecule has 0 atom stereocenters. The number of methoxy groups -OCH3 is 3. The Morgan fingerprint density at radius 3 is 2.13 bits per heavy atom. The Kier molecular flexibility index (Phi) is 7.09. The average molecular weight is 429 g/mol. The zero-order chi connectivity index (χ0) is 22.5. The number of anilines is 2. The van der Waals surface area contributed by atoms with Crippen LogP contribution in [0.1, 0.15) is 18.2 Å². The van der Waals surface area contributed by atoms with Gasteiger partial charge in [0.2, 0.25) is 5.88 Å². The number of pyridine rings is 1. The Hall–Kier alpha value is -3.16. The molecule has 0 N–H and O–H groups in total. The van der Waals surface area contributed by atoms with Crippen LogP contribution in [0, 0.1) is 6.92 Å². The number of aromatic nitrogens is 1. The zero-order valence-corrected chi connectivity index (χ0v) is 19.3. The fourth-order valence-electron chi connectivity index (χ4n) is 3.81. The smallest absolute Gasteiger partial charge is 0.324 e. The summed E-state index contributed by atoms with van der Waals surface area (Å²) in [5, 5.41) is 0. The topological polar surface area (TPSA) is 67.4 Å². The van der Waals surface area contributed by atoms with E-state index >= 15 is 0 Å². The monoisotopic (exact) mass is 428 g/mol. The number of piperazine rings is 1. The van der Waals surface area contributed by atoms with E-state index in [4.69, 9.17) is 14.2 Å². The molecule has 1 aliphatic heterocycles. The third kappa shape index (κ3) is 4.78. The quantitative estimate of drug-likeness (QED) is 0.703. The van der Waals surface area contributed by atoms with Crippen molar-refractivity contribution in [2.45, 2.75) is 20.3 Å². The zero-order valence-electron chi connectivity index (χ0n) is 19.3. The summed E-state index contributed by atoms with van der Waals surface area (Å²) in [5.41, 5.74) is 3.74. The molecule has 8 nitrogen and oxygen atoms in total. The largest absolute Gasteiger partial charge is 0.497 e. The van der Waals surface area contributed by atoms with E-state index in [1.807, 2.05) is 36.1 Å². The molecular weight excluding hydrogens is 396 g/mol. The number of ether oxygens (including phenoxy) is 3. The molecule has 2 aromatic rings. The van der Waals surface area contributed by atoms with Crippen LogP contribution in [0.3, 0.4) is 0 Å². The highest BCUT2D eigenvalue weighted by molar-refractivity contribution is 5.93. The number of hydrogen-bond donors (Lipinski definition) is 0. The first kappa shape index (κ1) is 22.5. The number of hydrogen-bond acceptors (Lipinski definition) is 6. The van der Waals surface area contributed by atoms with E-state index in [0.717, 1.165) is 48.0 Å². The predicted octanol–water partition coefficient (Wildman–Crippen LogP) is 3.36. The van der Waals surface area contributed by atoms with Crippen molar-refractivity contribution in [1.82, 2.24) is 9.88 Å². The summed E-state index contributed by atoms with van der Waals surface area (Å²) < 4.78 is 16.2. The van der Waals surface area contributed by atoms with Gasteiger partial charge >= 0.3 is 6.03 Å². The molecule has 0 radical (unpaired) electrons. The minimum atomic E-state index is -0.0612. The molecule has 0 unspecified atom stereocenters. The predicted molar refractivity (Wildman–Crippen MR) is 122 cm³/mol. The number of benzene rings is 1. The van der Waals surface area contributed by atoms with Crippen LogP contribution in [-0.4, -0.2) is 70.5 Å². The van der Waals surface area contributed by atoms with Crippen molar-refractivity contribution < 1.29 is 19.0 Å². The van der Waals surface area contributed by atoms with Crippen LogP contribution in [0.25, 0.3) is 0 Å². The van der Waals surface area contributed by atoms with Crippen LogP contribution >= 0.6 is 0 Å². The molecule has 0 bridgehead atoms. The van der Waals surface area contributed by atoms with Gasteiger partial charge in [-0.15, -0.1) is 0 Å². The highest BCUT2D eigenvalue weighted by atomic mass is 16.5. The maximum absolute atomic E-state index is 13.2. The summed E-state index contributed by atoms with van der Waals surface area (Å²) in [6, 6.07) is 7.76. The van der Waals surface area contributed by atoms with Crippen molar-refractivity contribution in [3.63, 3.8) is 0 Å². The summed E-state index contributed by atoms with van der Waals surface area (Å²) in [7, 11) is 6.64.